The number of carbonyl (C=O) groups excluding carboxylic acids is 2. The summed E-state index contributed by atoms with van der Waals surface area (Å²) in [5.41, 5.74) is 6.00. The van der Waals surface area contributed by atoms with E-state index in [2.05, 4.69) is 0 Å². The van der Waals surface area contributed by atoms with Gasteiger partial charge in [0.1, 0.15) is 16.1 Å². The van der Waals surface area contributed by atoms with E-state index in [-0.39, 0.29) is 11.3 Å². The fourth-order valence-electron chi connectivity index (χ4n) is 3.95. The average molecular weight is 475 g/mol. The van der Waals surface area contributed by atoms with E-state index in [0.717, 1.165) is 33.4 Å². The second kappa shape index (κ2) is 9.35. The van der Waals surface area contributed by atoms with Crippen LogP contribution in [0.15, 0.2) is 30.3 Å². The van der Waals surface area contributed by atoms with Gasteiger partial charge in [-0.2, -0.15) is 5.10 Å². The Morgan fingerprint density at radius 2 is 1.41 bits per heavy atom. The standard InChI is InChI=1S/C24H24Cl2N2O4/c1-12-14(3)18(22(25)26)15(4)13(2)17(12)20-19(23(29)31-5)21(24(30)32-6)28(27-20)16-10-8-7-9-11-16/h7-11,22H,1-6H3. The number of carbonyl (C=O) groups is 2. The summed E-state index contributed by atoms with van der Waals surface area (Å²) in [7, 11) is 2.52. The zero-order valence-corrected chi connectivity index (χ0v) is 20.3. The predicted octanol–water partition coefficient (Wildman–Crippen LogP) is 5.82. The van der Waals surface area contributed by atoms with Gasteiger partial charge in [0.25, 0.3) is 0 Å². The lowest BCUT2D eigenvalue weighted by Crippen LogP contribution is -2.15. The van der Waals surface area contributed by atoms with Gasteiger partial charge in [-0.1, -0.05) is 18.2 Å². The molecule has 32 heavy (non-hydrogen) atoms. The highest BCUT2D eigenvalue weighted by Crippen LogP contribution is 2.41. The second-order valence-corrected chi connectivity index (χ2v) is 8.49. The number of benzene rings is 2. The molecule has 0 atom stereocenters. The number of hydrogen-bond acceptors (Lipinski definition) is 5. The highest BCUT2D eigenvalue weighted by molar-refractivity contribution is 6.44. The van der Waals surface area contributed by atoms with Crippen molar-refractivity contribution in [3.63, 3.8) is 0 Å². The lowest BCUT2D eigenvalue weighted by molar-refractivity contribution is 0.0549. The Hall–Kier alpha value is -2.83. The third kappa shape index (κ3) is 3.89. The molecule has 1 aromatic heterocycles. The van der Waals surface area contributed by atoms with E-state index in [9.17, 15) is 9.59 Å². The molecule has 0 fully saturated rings. The van der Waals surface area contributed by atoms with Crippen LogP contribution in [0.1, 0.15) is 53.5 Å². The van der Waals surface area contributed by atoms with Crippen molar-refractivity contribution in [2.24, 2.45) is 0 Å². The number of rotatable bonds is 5. The van der Waals surface area contributed by atoms with Crippen molar-refractivity contribution >= 4 is 35.1 Å². The van der Waals surface area contributed by atoms with E-state index in [1.54, 1.807) is 12.1 Å². The molecule has 0 N–H and O–H groups in total. The minimum atomic E-state index is -0.700. The van der Waals surface area contributed by atoms with Gasteiger partial charge in [0.2, 0.25) is 0 Å². The summed E-state index contributed by atoms with van der Waals surface area (Å²) >= 11 is 12.5. The molecule has 3 rings (SSSR count). The van der Waals surface area contributed by atoms with Crippen molar-refractivity contribution in [3.05, 3.63) is 69.4 Å². The molecule has 0 aliphatic carbocycles. The van der Waals surface area contributed by atoms with Crippen LogP contribution in [0.5, 0.6) is 0 Å². The van der Waals surface area contributed by atoms with E-state index in [1.807, 2.05) is 45.9 Å². The first-order valence-corrected chi connectivity index (χ1v) is 10.8. The Bertz CT molecular complexity index is 1170. The number of ether oxygens (including phenoxy) is 2. The van der Waals surface area contributed by atoms with Crippen molar-refractivity contribution < 1.29 is 19.1 Å². The molecule has 0 radical (unpaired) electrons. The van der Waals surface area contributed by atoms with Crippen LogP contribution in [0.2, 0.25) is 0 Å². The Kier molecular flexibility index (Phi) is 6.96. The summed E-state index contributed by atoms with van der Waals surface area (Å²) < 4.78 is 11.5. The number of nitrogens with zero attached hydrogens (tertiary/aromatic N) is 2. The third-order valence-corrected chi connectivity index (χ3v) is 6.23. The molecule has 3 aromatic rings. The minimum absolute atomic E-state index is 0.00806. The SMILES string of the molecule is COC(=O)c1c(-c2c(C)c(C)c(C(Cl)Cl)c(C)c2C)nn(-c2ccccc2)c1C(=O)OC. The topological polar surface area (TPSA) is 70.4 Å². The molecule has 168 valence electrons. The fourth-order valence-corrected chi connectivity index (χ4v) is 4.61. The summed E-state index contributed by atoms with van der Waals surface area (Å²) in [4.78, 5) is 25.1. The summed E-state index contributed by atoms with van der Waals surface area (Å²) in [6.45, 7) is 7.67. The molecule has 0 amide bonds. The molecule has 6 nitrogen and oxygen atoms in total. The Balaban J connectivity index is 2.49. The molecular weight excluding hydrogens is 451 g/mol. The van der Waals surface area contributed by atoms with Crippen molar-refractivity contribution in [2.75, 3.05) is 14.2 Å². The summed E-state index contributed by atoms with van der Waals surface area (Å²) in [6, 6.07) is 9.05. The molecule has 0 spiro atoms. The molecular formula is C24H24Cl2N2O4. The Labute approximate surface area is 197 Å². The monoisotopic (exact) mass is 474 g/mol. The zero-order chi connectivity index (χ0) is 23.7. The Morgan fingerprint density at radius 1 is 0.875 bits per heavy atom. The quantitative estimate of drug-likeness (QED) is 0.344. The fraction of sp³-hybridized carbons (Fsp3) is 0.292. The Morgan fingerprint density at radius 3 is 1.88 bits per heavy atom. The molecule has 0 unspecified atom stereocenters. The van der Waals surface area contributed by atoms with Crippen molar-refractivity contribution in [1.29, 1.82) is 0 Å². The highest BCUT2D eigenvalue weighted by atomic mass is 35.5. The van der Waals surface area contributed by atoms with E-state index in [0.29, 0.717) is 11.4 Å². The van der Waals surface area contributed by atoms with Gasteiger partial charge in [0, 0.05) is 5.56 Å². The number of esters is 2. The second-order valence-electron chi connectivity index (χ2n) is 7.39. The number of methoxy groups -OCH3 is 2. The van der Waals surface area contributed by atoms with Crippen LogP contribution in [0.25, 0.3) is 16.9 Å². The van der Waals surface area contributed by atoms with Gasteiger partial charge >= 0.3 is 11.9 Å². The van der Waals surface area contributed by atoms with Gasteiger partial charge in [-0.3, -0.25) is 0 Å². The maximum Gasteiger partial charge on any atom is 0.357 e. The lowest BCUT2D eigenvalue weighted by Gasteiger charge is -2.20. The van der Waals surface area contributed by atoms with E-state index in [1.165, 1.54) is 18.9 Å². The molecule has 0 bridgehead atoms. The van der Waals surface area contributed by atoms with Gasteiger partial charge in [-0.15, -0.1) is 23.2 Å². The van der Waals surface area contributed by atoms with Crippen LogP contribution >= 0.6 is 23.2 Å². The number of halogens is 2. The third-order valence-electron chi connectivity index (χ3n) is 5.79. The average Bonchev–Trinajstić information content (AvgIpc) is 3.17. The number of aromatic nitrogens is 2. The number of hydrogen-bond donors (Lipinski definition) is 0. The van der Waals surface area contributed by atoms with Gasteiger partial charge in [-0.05, 0) is 67.6 Å². The molecule has 0 saturated carbocycles. The van der Waals surface area contributed by atoms with Crippen molar-refractivity contribution in [1.82, 2.24) is 9.78 Å². The first-order valence-electron chi connectivity index (χ1n) is 9.89. The summed E-state index contributed by atoms with van der Waals surface area (Å²) in [5.74, 6) is -1.39. The zero-order valence-electron chi connectivity index (χ0n) is 18.7. The molecule has 8 heteroatoms. The summed E-state index contributed by atoms with van der Waals surface area (Å²) in [6.07, 6.45) is 0. The molecule has 1 heterocycles. The lowest BCUT2D eigenvalue weighted by atomic mass is 9.87. The molecule has 0 aliphatic rings. The largest absolute Gasteiger partial charge is 0.465 e. The van der Waals surface area contributed by atoms with Crippen LogP contribution in [0, 0.1) is 27.7 Å². The van der Waals surface area contributed by atoms with Crippen molar-refractivity contribution in [3.8, 4) is 16.9 Å². The molecule has 2 aromatic carbocycles. The summed E-state index contributed by atoms with van der Waals surface area (Å²) in [5, 5.41) is 4.72. The van der Waals surface area contributed by atoms with Gasteiger partial charge < -0.3 is 9.47 Å². The maximum atomic E-state index is 12.9. The molecule has 0 aliphatic heterocycles. The van der Waals surface area contributed by atoms with Crippen molar-refractivity contribution in [2.45, 2.75) is 32.5 Å². The highest BCUT2D eigenvalue weighted by Gasteiger charge is 2.33. The smallest absolute Gasteiger partial charge is 0.357 e. The van der Waals surface area contributed by atoms with Crippen LogP contribution in [-0.4, -0.2) is 35.9 Å². The number of alkyl halides is 2. The first kappa shape index (κ1) is 23.8. The maximum absolute atomic E-state index is 12.9. The van der Waals surface area contributed by atoms with Crippen LogP contribution in [-0.2, 0) is 9.47 Å². The van der Waals surface area contributed by atoms with E-state index >= 15 is 0 Å². The van der Waals surface area contributed by atoms with Gasteiger partial charge in [0.05, 0.1) is 19.9 Å². The van der Waals surface area contributed by atoms with Gasteiger partial charge in [-0.25, -0.2) is 14.3 Å². The predicted molar refractivity (Wildman–Crippen MR) is 125 cm³/mol. The molecule has 0 saturated heterocycles. The first-order chi connectivity index (χ1) is 15.1. The van der Waals surface area contributed by atoms with Gasteiger partial charge in [0.15, 0.2) is 5.69 Å². The normalized spacial score (nSPS) is 11.0. The van der Waals surface area contributed by atoms with Crippen LogP contribution in [0.4, 0.5) is 0 Å². The number of para-hydroxylation sites is 1. The minimum Gasteiger partial charge on any atom is -0.465 e. The van der Waals surface area contributed by atoms with E-state index in [4.69, 9.17) is 37.8 Å². The van der Waals surface area contributed by atoms with E-state index < -0.39 is 16.8 Å². The van der Waals surface area contributed by atoms with Crippen LogP contribution in [0.3, 0.4) is 0 Å². The van der Waals surface area contributed by atoms with Crippen LogP contribution < -0.4 is 0 Å².